The molecular formula is C16H23NO2. The SMILES string of the molecule is CCN(Cc1cccc(C2CC2)c1)C(C)(C)C(=O)O. The molecule has 104 valence electrons. The third-order valence-corrected chi connectivity index (χ3v) is 4.07. The second-order valence-electron chi connectivity index (χ2n) is 5.90. The molecule has 0 saturated heterocycles. The van der Waals surface area contributed by atoms with Crippen LogP contribution in [-0.2, 0) is 11.3 Å². The number of carboxylic acid groups (broad SMARTS) is 1. The molecule has 0 spiro atoms. The van der Waals surface area contributed by atoms with Crippen LogP contribution in [0.4, 0.5) is 0 Å². The number of likely N-dealkylation sites (N-methyl/N-ethyl adjacent to an activating group) is 1. The highest BCUT2D eigenvalue weighted by molar-refractivity contribution is 5.77. The van der Waals surface area contributed by atoms with Crippen LogP contribution >= 0.6 is 0 Å². The Morgan fingerprint density at radius 1 is 1.42 bits per heavy atom. The Bertz CT molecular complexity index is 464. The maximum atomic E-state index is 11.4. The monoisotopic (exact) mass is 261 g/mol. The second kappa shape index (κ2) is 5.33. The van der Waals surface area contributed by atoms with Gasteiger partial charge in [0.2, 0.25) is 0 Å². The van der Waals surface area contributed by atoms with Crippen LogP contribution in [0.5, 0.6) is 0 Å². The van der Waals surface area contributed by atoms with Crippen LogP contribution in [0.2, 0.25) is 0 Å². The first-order valence-corrected chi connectivity index (χ1v) is 7.02. The standard InChI is InChI=1S/C16H23NO2/c1-4-17(16(2,3)15(18)19)11-12-6-5-7-14(10-12)13-8-9-13/h5-7,10,13H,4,8-9,11H2,1-3H3,(H,18,19). The molecule has 1 aliphatic rings. The number of carboxylic acids is 1. The third kappa shape index (κ3) is 3.16. The highest BCUT2D eigenvalue weighted by Gasteiger charge is 2.33. The van der Waals surface area contributed by atoms with Gasteiger partial charge in [0.15, 0.2) is 0 Å². The van der Waals surface area contributed by atoms with Crippen molar-refractivity contribution in [2.24, 2.45) is 0 Å². The Morgan fingerprint density at radius 2 is 2.11 bits per heavy atom. The van der Waals surface area contributed by atoms with Crippen LogP contribution in [0, 0.1) is 0 Å². The van der Waals surface area contributed by atoms with E-state index in [2.05, 4.69) is 24.3 Å². The van der Waals surface area contributed by atoms with Crippen LogP contribution in [-0.4, -0.2) is 28.1 Å². The van der Waals surface area contributed by atoms with Crippen LogP contribution in [0.25, 0.3) is 0 Å². The highest BCUT2D eigenvalue weighted by Crippen LogP contribution is 2.40. The Labute approximate surface area is 115 Å². The summed E-state index contributed by atoms with van der Waals surface area (Å²) in [4.78, 5) is 13.4. The van der Waals surface area contributed by atoms with Gasteiger partial charge >= 0.3 is 5.97 Å². The van der Waals surface area contributed by atoms with Gasteiger partial charge < -0.3 is 5.11 Å². The Kier molecular flexibility index (Phi) is 3.95. The molecule has 1 aromatic rings. The zero-order chi connectivity index (χ0) is 14.0. The quantitative estimate of drug-likeness (QED) is 0.854. The molecule has 3 heteroatoms. The van der Waals surface area contributed by atoms with Gasteiger partial charge in [0.25, 0.3) is 0 Å². The van der Waals surface area contributed by atoms with Gasteiger partial charge in [-0.3, -0.25) is 9.69 Å². The summed E-state index contributed by atoms with van der Waals surface area (Å²) in [6.07, 6.45) is 2.59. The summed E-state index contributed by atoms with van der Waals surface area (Å²) in [7, 11) is 0. The molecule has 1 fully saturated rings. The maximum Gasteiger partial charge on any atom is 0.323 e. The molecule has 0 heterocycles. The van der Waals surface area contributed by atoms with Crippen LogP contribution in [0.3, 0.4) is 0 Å². The molecule has 0 atom stereocenters. The largest absolute Gasteiger partial charge is 0.480 e. The predicted molar refractivity (Wildman–Crippen MR) is 76.2 cm³/mol. The van der Waals surface area contributed by atoms with Crippen molar-refractivity contribution in [2.45, 2.75) is 51.6 Å². The number of aliphatic carboxylic acids is 1. The molecule has 2 rings (SSSR count). The minimum absolute atomic E-state index is 0.691. The molecule has 0 amide bonds. The van der Waals surface area contributed by atoms with Gasteiger partial charge in [0, 0.05) is 6.54 Å². The van der Waals surface area contributed by atoms with E-state index < -0.39 is 11.5 Å². The van der Waals surface area contributed by atoms with Gasteiger partial charge in [0.05, 0.1) is 0 Å². The number of benzene rings is 1. The van der Waals surface area contributed by atoms with E-state index in [4.69, 9.17) is 0 Å². The average Bonchev–Trinajstić information content (AvgIpc) is 3.20. The lowest BCUT2D eigenvalue weighted by molar-refractivity contribution is -0.149. The summed E-state index contributed by atoms with van der Waals surface area (Å²) in [6.45, 7) is 6.96. The van der Waals surface area contributed by atoms with Gasteiger partial charge in [-0.25, -0.2) is 0 Å². The molecule has 19 heavy (non-hydrogen) atoms. The van der Waals surface area contributed by atoms with Gasteiger partial charge in [-0.1, -0.05) is 31.2 Å². The van der Waals surface area contributed by atoms with E-state index in [-0.39, 0.29) is 0 Å². The number of nitrogens with zero attached hydrogens (tertiary/aromatic N) is 1. The van der Waals surface area contributed by atoms with Crippen molar-refractivity contribution >= 4 is 5.97 Å². The summed E-state index contributed by atoms with van der Waals surface area (Å²) in [5.41, 5.74) is 1.78. The van der Waals surface area contributed by atoms with Crippen LogP contribution in [0.15, 0.2) is 24.3 Å². The summed E-state index contributed by atoms with van der Waals surface area (Å²) in [5, 5.41) is 9.33. The topological polar surface area (TPSA) is 40.5 Å². The first-order valence-electron chi connectivity index (χ1n) is 7.02. The first kappa shape index (κ1) is 14.1. The van der Waals surface area contributed by atoms with E-state index >= 15 is 0 Å². The fourth-order valence-electron chi connectivity index (χ4n) is 2.42. The number of carbonyl (C=O) groups is 1. The lowest BCUT2D eigenvalue weighted by Crippen LogP contribution is -2.49. The van der Waals surface area contributed by atoms with Crippen LogP contribution in [0.1, 0.15) is 50.7 Å². The molecule has 0 radical (unpaired) electrons. The second-order valence-corrected chi connectivity index (χ2v) is 5.90. The van der Waals surface area contributed by atoms with Gasteiger partial charge in [-0.15, -0.1) is 0 Å². The maximum absolute atomic E-state index is 11.4. The minimum atomic E-state index is -0.829. The summed E-state index contributed by atoms with van der Waals surface area (Å²) in [6, 6.07) is 8.59. The molecule has 3 nitrogen and oxygen atoms in total. The van der Waals surface area contributed by atoms with Crippen molar-refractivity contribution in [2.75, 3.05) is 6.54 Å². The zero-order valence-corrected chi connectivity index (χ0v) is 12.0. The van der Waals surface area contributed by atoms with E-state index in [0.717, 1.165) is 12.5 Å². The molecule has 0 bridgehead atoms. The fraction of sp³-hybridized carbons (Fsp3) is 0.562. The van der Waals surface area contributed by atoms with Gasteiger partial charge in [-0.2, -0.15) is 0 Å². The molecule has 1 saturated carbocycles. The van der Waals surface area contributed by atoms with Crippen molar-refractivity contribution in [3.8, 4) is 0 Å². The zero-order valence-electron chi connectivity index (χ0n) is 12.0. The lowest BCUT2D eigenvalue weighted by atomic mass is 10.0. The normalized spacial score (nSPS) is 15.8. The number of hydrogen-bond acceptors (Lipinski definition) is 2. The van der Waals surface area contributed by atoms with Gasteiger partial charge in [-0.05, 0) is 50.3 Å². The van der Waals surface area contributed by atoms with E-state index in [1.54, 1.807) is 13.8 Å². The van der Waals surface area contributed by atoms with Crippen molar-refractivity contribution in [1.29, 1.82) is 0 Å². The summed E-state index contributed by atoms with van der Waals surface area (Å²) in [5.74, 6) is -0.0322. The van der Waals surface area contributed by atoms with Crippen molar-refractivity contribution in [3.05, 3.63) is 35.4 Å². The van der Waals surface area contributed by atoms with E-state index in [9.17, 15) is 9.90 Å². The van der Waals surface area contributed by atoms with E-state index in [1.807, 2.05) is 11.8 Å². The third-order valence-electron chi connectivity index (χ3n) is 4.07. The number of hydrogen-bond donors (Lipinski definition) is 1. The van der Waals surface area contributed by atoms with Crippen molar-refractivity contribution < 1.29 is 9.90 Å². The molecule has 0 unspecified atom stereocenters. The minimum Gasteiger partial charge on any atom is -0.480 e. The highest BCUT2D eigenvalue weighted by atomic mass is 16.4. The van der Waals surface area contributed by atoms with Crippen molar-refractivity contribution in [3.63, 3.8) is 0 Å². The molecule has 0 aromatic heterocycles. The molecule has 1 N–H and O–H groups in total. The predicted octanol–water partition coefficient (Wildman–Crippen LogP) is 3.25. The average molecular weight is 261 g/mol. The van der Waals surface area contributed by atoms with E-state index in [0.29, 0.717) is 6.54 Å². The molecular weight excluding hydrogens is 238 g/mol. The van der Waals surface area contributed by atoms with E-state index in [1.165, 1.54) is 24.0 Å². The summed E-state index contributed by atoms with van der Waals surface area (Å²) >= 11 is 0. The Balaban J connectivity index is 2.13. The smallest absolute Gasteiger partial charge is 0.323 e. The molecule has 0 aliphatic heterocycles. The Morgan fingerprint density at radius 3 is 2.63 bits per heavy atom. The lowest BCUT2D eigenvalue weighted by Gasteiger charge is -2.34. The fourth-order valence-corrected chi connectivity index (χ4v) is 2.42. The van der Waals surface area contributed by atoms with Crippen molar-refractivity contribution in [1.82, 2.24) is 4.90 Å². The Hall–Kier alpha value is -1.35. The van der Waals surface area contributed by atoms with Gasteiger partial charge in [0.1, 0.15) is 5.54 Å². The molecule has 1 aromatic carbocycles. The first-order chi connectivity index (χ1) is 8.95. The summed E-state index contributed by atoms with van der Waals surface area (Å²) < 4.78 is 0. The van der Waals surface area contributed by atoms with Crippen LogP contribution < -0.4 is 0 Å². The number of rotatable bonds is 6. The molecule has 1 aliphatic carbocycles.